The summed E-state index contributed by atoms with van der Waals surface area (Å²) in [7, 11) is 1.81. The molecule has 1 unspecified atom stereocenters. The Morgan fingerprint density at radius 2 is 2.19 bits per heavy atom. The Balaban J connectivity index is 1.41. The Morgan fingerprint density at radius 3 is 2.85 bits per heavy atom. The predicted molar refractivity (Wildman–Crippen MR) is 105 cm³/mol. The van der Waals surface area contributed by atoms with E-state index in [4.69, 9.17) is 4.74 Å². The maximum atomic E-state index is 12.7. The highest BCUT2D eigenvalue weighted by Crippen LogP contribution is 2.45. The lowest BCUT2D eigenvalue weighted by atomic mass is 9.71. The average Bonchev–Trinajstić information content (AvgIpc) is 3.33. The van der Waals surface area contributed by atoms with E-state index in [1.54, 1.807) is 7.11 Å². The molecule has 2 fully saturated rings. The van der Waals surface area contributed by atoms with Crippen LogP contribution < -0.4 is 0 Å². The molecule has 1 aromatic heterocycles. The van der Waals surface area contributed by atoms with Crippen molar-refractivity contribution in [2.45, 2.75) is 38.6 Å². The molecule has 0 bridgehead atoms. The van der Waals surface area contributed by atoms with Crippen molar-refractivity contribution in [1.29, 1.82) is 0 Å². The Hall–Kier alpha value is -1.72. The fourth-order valence-electron chi connectivity index (χ4n) is 5.21. The highest BCUT2D eigenvalue weighted by molar-refractivity contribution is 5.93. The number of piperidine rings is 1. The van der Waals surface area contributed by atoms with Crippen LogP contribution >= 0.6 is 0 Å². The fraction of sp³-hybridized carbons (Fsp3) is 0.636. The monoisotopic (exact) mass is 369 g/mol. The van der Waals surface area contributed by atoms with Gasteiger partial charge < -0.3 is 9.64 Å². The number of pyridine rings is 1. The van der Waals surface area contributed by atoms with Crippen molar-refractivity contribution < 1.29 is 9.53 Å². The minimum atomic E-state index is 0.269. The number of allylic oxidation sites excluding steroid dienone is 1. The summed E-state index contributed by atoms with van der Waals surface area (Å²) in [6.45, 7) is 5.61. The number of hydrogen-bond donors (Lipinski definition) is 0. The predicted octanol–water partition coefficient (Wildman–Crippen LogP) is 2.88. The third kappa shape index (κ3) is 3.94. The quantitative estimate of drug-likeness (QED) is 0.801. The Bertz CT molecular complexity index is 680. The van der Waals surface area contributed by atoms with E-state index in [2.05, 4.69) is 33.0 Å². The zero-order valence-electron chi connectivity index (χ0n) is 16.4. The normalized spacial score (nSPS) is 25.1. The van der Waals surface area contributed by atoms with Gasteiger partial charge in [0.15, 0.2) is 0 Å². The number of amides is 1. The van der Waals surface area contributed by atoms with Gasteiger partial charge in [0, 0.05) is 57.5 Å². The van der Waals surface area contributed by atoms with Crippen molar-refractivity contribution in [3.63, 3.8) is 0 Å². The molecule has 1 aromatic rings. The van der Waals surface area contributed by atoms with Crippen molar-refractivity contribution >= 4 is 5.91 Å². The van der Waals surface area contributed by atoms with E-state index in [0.717, 1.165) is 82.7 Å². The lowest BCUT2D eigenvalue weighted by Gasteiger charge is -2.42. The zero-order valence-corrected chi connectivity index (χ0v) is 16.4. The maximum Gasteiger partial charge on any atom is 0.249 e. The highest BCUT2D eigenvalue weighted by Gasteiger charge is 2.48. The molecule has 3 heterocycles. The minimum Gasteiger partial charge on any atom is -0.384 e. The Morgan fingerprint density at radius 1 is 1.33 bits per heavy atom. The van der Waals surface area contributed by atoms with Gasteiger partial charge >= 0.3 is 0 Å². The standard InChI is InChI=1S/C22H31N3O2/c1-27-16-19-14-24(15-20-8-4-5-11-23-20)17-22(19)9-12-25(13-10-22)21(26)18-6-2-3-7-18/h4-6,8,11,19H,2-3,7,9-10,12-17H2,1H3. The topological polar surface area (TPSA) is 45.7 Å². The van der Waals surface area contributed by atoms with Gasteiger partial charge in [-0.2, -0.15) is 0 Å². The van der Waals surface area contributed by atoms with Crippen LogP contribution in [0.2, 0.25) is 0 Å². The molecule has 3 aliphatic rings. The van der Waals surface area contributed by atoms with Crippen LogP contribution in [0.5, 0.6) is 0 Å². The number of carbonyl (C=O) groups excluding carboxylic acids is 1. The molecule has 4 rings (SSSR count). The van der Waals surface area contributed by atoms with Gasteiger partial charge in [0.1, 0.15) is 0 Å². The molecule has 5 heteroatoms. The SMILES string of the molecule is COCC1CN(Cc2ccccn2)CC12CCN(C(=O)C1=CCCC1)CC2. The van der Waals surface area contributed by atoms with Crippen molar-refractivity contribution in [1.82, 2.24) is 14.8 Å². The molecule has 146 valence electrons. The second kappa shape index (κ2) is 8.11. The van der Waals surface area contributed by atoms with Crippen LogP contribution in [0.25, 0.3) is 0 Å². The van der Waals surface area contributed by atoms with Crippen LogP contribution in [-0.4, -0.2) is 60.6 Å². The molecule has 27 heavy (non-hydrogen) atoms. The molecule has 1 atom stereocenters. The summed E-state index contributed by atoms with van der Waals surface area (Å²) in [5.74, 6) is 0.822. The number of ether oxygens (including phenoxy) is 1. The molecule has 2 aliphatic heterocycles. The Kier molecular flexibility index (Phi) is 5.60. The van der Waals surface area contributed by atoms with Gasteiger partial charge in [0.05, 0.1) is 12.3 Å². The molecular weight excluding hydrogens is 338 g/mol. The molecule has 2 saturated heterocycles. The van der Waals surface area contributed by atoms with Crippen LogP contribution in [-0.2, 0) is 16.1 Å². The van der Waals surface area contributed by atoms with Crippen LogP contribution in [0.1, 0.15) is 37.8 Å². The molecule has 1 amide bonds. The zero-order chi connectivity index (χ0) is 18.7. The first-order chi connectivity index (χ1) is 13.2. The summed E-state index contributed by atoms with van der Waals surface area (Å²) < 4.78 is 5.58. The van der Waals surface area contributed by atoms with Gasteiger partial charge in [0.2, 0.25) is 5.91 Å². The number of methoxy groups -OCH3 is 1. The second-order valence-electron chi connectivity index (χ2n) is 8.42. The molecular formula is C22H31N3O2. The lowest BCUT2D eigenvalue weighted by molar-refractivity contribution is -0.130. The van der Waals surface area contributed by atoms with E-state index in [0.29, 0.717) is 5.92 Å². The summed E-state index contributed by atoms with van der Waals surface area (Å²) in [5.41, 5.74) is 2.44. The third-order valence-electron chi connectivity index (χ3n) is 6.72. The largest absolute Gasteiger partial charge is 0.384 e. The second-order valence-corrected chi connectivity index (χ2v) is 8.42. The Labute approximate surface area is 162 Å². The van der Waals surface area contributed by atoms with E-state index in [9.17, 15) is 4.79 Å². The van der Waals surface area contributed by atoms with E-state index in [-0.39, 0.29) is 11.3 Å². The number of carbonyl (C=O) groups is 1. The summed E-state index contributed by atoms with van der Waals surface area (Å²) in [5, 5.41) is 0. The van der Waals surface area contributed by atoms with E-state index in [1.165, 1.54) is 0 Å². The summed E-state index contributed by atoms with van der Waals surface area (Å²) in [6, 6.07) is 6.13. The van der Waals surface area contributed by atoms with Gasteiger partial charge in [-0.1, -0.05) is 12.1 Å². The molecule has 0 aromatic carbocycles. The number of hydrogen-bond acceptors (Lipinski definition) is 4. The molecule has 1 spiro atoms. The number of nitrogens with zero attached hydrogens (tertiary/aromatic N) is 3. The molecule has 1 aliphatic carbocycles. The molecule has 0 N–H and O–H groups in total. The third-order valence-corrected chi connectivity index (χ3v) is 6.72. The summed E-state index contributed by atoms with van der Waals surface area (Å²) in [4.78, 5) is 21.8. The van der Waals surface area contributed by atoms with Crippen LogP contribution in [0.4, 0.5) is 0 Å². The number of likely N-dealkylation sites (tertiary alicyclic amines) is 2. The first-order valence-electron chi connectivity index (χ1n) is 10.3. The number of rotatable bonds is 5. The van der Waals surface area contributed by atoms with Crippen molar-refractivity contribution in [2.75, 3.05) is 39.9 Å². The van der Waals surface area contributed by atoms with E-state index >= 15 is 0 Å². The number of aromatic nitrogens is 1. The average molecular weight is 370 g/mol. The van der Waals surface area contributed by atoms with Gasteiger partial charge in [-0.05, 0) is 49.7 Å². The first kappa shape index (κ1) is 18.6. The van der Waals surface area contributed by atoms with Crippen LogP contribution in [0, 0.1) is 11.3 Å². The first-order valence-corrected chi connectivity index (χ1v) is 10.3. The van der Waals surface area contributed by atoms with Gasteiger partial charge in [0.25, 0.3) is 0 Å². The van der Waals surface area contributed by atoms with Crippen molar-refractivity contribution in [3.8, 4) is 0 Å². The molecule has 0 saturated carbocycles. The summed E-state index contributed by atoms with van der Waals surface area (Å²) in [6.07, 6.45) is 9.34. The highest BCUT2D eigenvalue weighted by atomic mass is 16.5. The lowest BCUT2D eigenvalue weighted by Crippen LogP contribution is -2.47. The van der Waals surface area contributed by atoms with E-state index in [1.807, 2.05) is 12.3 Å². The van der Waals surface area contributed by atoms with Crippen molar-refractivity contribution in [2.24, 2.45) is 11.3 Å². The van der Waals surface area contributed by atoms with Gasteiger partial charge in [-0.3, -0.25) is 14.7 Å². The fourth-order valence-corrected chi connectivity index (χ4v) is 5.21. The van der Waals surface area contributed by atoms with Crippen LogP contribution in [0.3, 0.4) is 0 Å². The van der Waals surface area contributed by atoms with Gasteiger partial charge in [-0.15, -0.1) is 0 Å². The van der Waals surface area contributed by atoms with E-state index < -0.39 is 0 Å². The smallest absolute Gasteiger partial charge is 0.249 e. The van der Waals surface area contributed by atoms with Gasteiger partial charge in [-0.25, -0.2) is 0 Å². The maximum absolute atomic E-state index is 12.7. The summed E-state index contributed by atoms with van der Waals surface area (Å²) >= 11 is 0. The van der Waals surface area contributed by atoms with Crippen LogP contribution in [0.15, 0.2) is 36.0 Å². The molecule has 0 radical (unpaired) electrons. The molecule has 5 nitrogen and oxygen atoms in total. The van der Waals surface area contributed by atoms with Crippen molar-refractivity contribution in [3.05, 3.63) is 41.7 Å². The minimum absolute atomic E-state index is 0.269.